The van der Waals surface area contributed by atoms with Gasteiger partial charge in [0.25, 0.3) is 5.91 Å². The summed E-state index contributed by atoms with van der Waals surface area (Å²) < 4.78 is 13.7. The number of carbonyl (C=O) groups excluding carboxylic acids is 1. The van der Waals surface area contributed by atoms with Gasteiger partial charge < -0.3 is 20.1 Å². The molecule has 1 aromatic heterocycles. The summed E-state index contributed by atoms with van der Waals surface area (Å²) in [5.41, 5.74) is 7.10. The third-order valence-electron chi connectivity index (χ3n) is 6.91. The summed E-state index contributed by atoms with van der Waals surface area (Å²) in [5.74, 6) is 1.42. The van der Waals surface area contributed by atoms with E-state index >= 15 is 0 Å². The van der Waals surface area contributed by atoms with Crippen molar-refractivity contribution in [3.8, 4) is 11.5 Å². The third-order valence-corrected chi connectivity index (χ3v) is 6.91. The van der Waals surface area contributed by atoms with Crippen LogP contribution in [0, 0.1) is 20.8 Å². The first kappa shape index (κ1) is 26.0. The Labute approximate surface area is 227 Å². The van der Waals surface area contributed by atoms with Gasteiger partial charge in [0.1, 0.15) is 12.6 Å². The molecule has 0 spiro atoms. The highest BCUT2D eigenvalue weighted by Crippen LogP contribution is 2.39. The van der Waals surface area contributed by atoms with Crippen molar-refractivity contribution in [1.29, 1.82) is 0 Å². The van der Waals surface area contributed by atoms with E-state index in [4.69, 9.17) is 9.47 Å². The Hall–Kier alpha value is -4.66. The molecule has 2 heterocycles. The van der Waals surface area contributed by atoms with E-state index in [9.17, 15) is 4.79 Å². The van der Waals surface area contributed by atoms with Crippen LogP contribution in [-0.2, 0) is 11.4 Å². The smallest absolute Gasteiger partial charge is 0.255 e. The Morgan fingerprint density at radius 1 is 1.00 bits per heavy atom. The van der Waals surface area contributed by atoms with Crippen LogP contribution in [0.5, 0.6) is 11.5 Å². The first-order chi connectivity index (χ1) is 18.9. The van der Waals surface area contributed by atoms with Crippen LogP contribution < -0.4 is 20.1 Å². The fourth-order valence-corrected chi connectivity index (χ4v) is 4.62. The number of hydrogen-bond donors (Lipinski definition) is 2. The average molecular weight is 525 g/mol. The first-order valence-corrected chi connectivity index (χ1v) is 12.9. The van der Waals surface area contributed by atoms with Gasteiger partial charge in [-0.25, -0.2) is 0 Å². The molecular formula is C30H32N6O3. The molecule has 5 rings (SSSR count). The molecule has 1 aliphatic heterocycles. The number of anilines is 2. The molecule has 0 saturated heterocycles. The topological polar surface area (TPSA) is 103 Å². The predicted molar refractivity (Wildman–Crippen MR) is 150 cm³/mol. The number of ether oxygens (including phenoxy) is 2. The number of nitrogens with zero attached hydrogens (tertiary/aromatic N) is 4. The second kappa shape index (κ2) is 11.0. The molecule has 0 fully saturated rings. The number of aromatic nitrogens is 4. The first-order valence-electron chi connectivity index (χ1n) is 12.9. The highest BCUT2D eigenvalue weighted by molar-refractivity contribution is 6.06. The molecule has 200 valence electrons. The third kappa shape index (κ3) is 5.34. The number of nitrogens with one attached hydrogen (secondary N) is 2. The van der Waals surface area contributed by atoms with Gasteiger partial charge in [-0.2, -0.15) is 4.68 Å². The van der Waals surface area contributed by atoms with Crippen molar-refractivity contribution in [2.45, 2.75) is 47.3 Å². The number of fused-ring (bicyclic) bond motifs is 1. The Morgan fingerprint density at radius 2 is 1.79 bits per heavy atom. The van der Waals surface area contributed by atoms with Gasteiger partial charge in [-0.05, 0) is 85.5 Å². The summed E-state index contributed by atoms with van der Waals surface area (Å²) in [7, 11) is 0. The van der Waals surface area contributed by atoms with E-state index in [0.717, 1.165) is 27.9 Å². The second-order valence-corrected chi connectivity index (χ2v) is 9.63. The van der Waals surface area contributed by atoms with Crippen molar-refractivity contribution in [3.05, 3.63) is 99.8 Å². The minimum Gasteiger partial charge on any atom is -0.490 e. The maximum atomic E-state index is 13.8. The minimum atomic E-state index is -0.577. The standard InChI is InChI=1S/C30H32N6O3/c1-6-38-26-16-23(14-15-25(26)39-17-22-12-10-18(2)11-13-22)28-27(21(5)31-30-33-34-35-36(28)30)29(37)32-24-9-7-8-19(3)20(24)4/h7-16,28H,6,17H2,1-5H3,(H,32,37)(H,31,33,35). The summed E-state index contributed by atoms with van der Waals surface area (Å²) in [4.78, 5) is 13.8. The van der Waals surface area contributed by atoms with Gasteiger partial charge in [-0.3, -0.25) is 4.79 Å². The Balaban J connectivity index is 1.49. The van der Waals surface area contributed by atoms with E-state index in [2.05, 4.69) is 45.2 Å². The monoisotopic (exact) mass is 524 g/mol. The van der Waals surface area contributed by atoms with E-state index in [-0.39, 0.29) is 5.91 Å². The molecule has 2 N–H and O–H groups in total. The number of allylic oxidation sites excluding steroid dienone is 1. The number of carbonyl (C=O) groups is 1. The highest BCUT2D eigenvalue weighted by atomic mass is 16.5. The van der Waals surface area contributed by atoms with Gasteiger partial charge in [0.2, 0.25) is 5.95 Å². The van der Waals surface area contributed by atoms with Crippen LogP contribution in [0.1, 0.15) is 47.7 Å². The van der Waals surface area contributed by atoms with Crippen molar-refractivity contribution in [2.75, 3.05) is 17.2 Å². The highest BCUT2D eigenvalue weighted by Gasteiger charge is 2.34. The lowest BCUT2D eigenvalue weighted by Crippen LogP contribution is -2.31. The zero-order valence-electron chi connectivity index (χ0n) is 22.8. The van der Waals surface area contributed by atoms with Gasteiger partial charge in [-0.1, -0.05) is 53.1 Å². The molecule has 0 aliphatic carbocycles. The molecular weight excluding hydrogens is 492 g/mol. The normalized spacial score (nSPS) is 14.4. The van der Waals surface area contributed by atoms with Gasteiger partial charge in [-0.15, -0.1) is 0 Å². The molecule has 0 bridgehead atoms. The number of tetrazole rings is 1. The quantitative estimate of drug-likeness (QED) is 0.314. The maximum Gasteiger partial charge on any atom is 0.255 e. The second-order valence-electron chi connectivity index (χ2n) is 9.63. The van der Waals surface area contributed by atoms with E-state index in [1.807, 2.05) is 76.2 Å². The Morgan fingerprint density at radius 3 is 2.56 bits per heavy atom. The Kier molecular flexibility index (Phi) is 7.31. The van der Waals surface area contributed by atoms with Crippen LogP contribution in [0.25, 0.3) is 0 Å². The Bertz CT molecular complexity index is 1540. The lowest BCUT2D eigenvalue weighted by molar-refractivity contribution is -0.113. The number of aryl methyl sites for hydroxylation is 2. The van der Waals surface area contributed by atoms with E-state index in [0.29, 0.717) is 41.9 Å². The van der Waals surface area contributed by atoms with Crippen LogP contribution in [0.3, 0.4) is 0 Å². The van der Waals surface area contributed by atoms with Crippen molar-refractivity contribution in [3.63, 3.8) is 0 Å². The van der Waals surface area contributed by atoms with Crippen LogP contribution in [0.15, 0.2) is 71.9 Å². The number of hydrogen-bond acceptors (Lipinski definition) is 7. The zero-order valence-corrected chi connectivity index (χ0v) is 22.8. The summed E-state index contributed by atoms with van der Waals surface area (Å²) >= 11 is 0. The molecule has 1 amide bonds. The summed E-state index contributed by atoms with van der Waals surface area (Å²) in [5, 5.41) is 18.4. The van der Waals surface area contributed by atoms with Crippen molar-refractivity contribution < 1.29 is 14.3 Å². The van der Waals surface area contributed by atoms with Crippen molar-refractivity contribution in [2.24, 2.45) is 0 Å². The van der Waals surface area contributed by atoms with Crippen LogP contribution in [-0.4, -0.2) is 32.7 Å². The maximum absolute atomic E-state index is 13.8. The molecule has 1 atom stereocenters. The minimum absolute atomic E-state index is 0.238. The molecule has 9 nitrogen and oxygen atoms in total. The van der Waals surface area contributed by atoms with Crippen LogP contribution >= 0.6 is 0 Å². The number of amides is 1. The van der Waals surface area contributed by atoms with Gasteiger partial charge >= 0.3 is 0 Å². The van der Waals surface area contributed by atoms with E-state index in [1.165, 1.54) is 5.56 Å². The molecule has 3 aromatic carbocycles. The van der Waals surface area contributed by atoms with Crippen molar-refractivity contribution >= 4 is 17.5 Å². The van der Waals surface area contributed by atoms with Gasteiger partial charge in [0.15, 0.2) is 11.5 Å². The lowest BCUT2D eigenvalue weighted by atomic mass is 9.94. The average Bonchev–Trinajstić information content (AvgIpc) is 3.39. The zero-order chi connectivity index (χ0) is 27.5. The van der Waals surface area contributed by atoms with Gasteiger partial charge in [0, 0.05) is 11.4 Å². The van der Waals surface area contributed by atoms with Crippen molar-refractivity contribution in [1.82, 2.24) is 20.2 Å². The number of rotatable bonds is 8. The summed E-state index contributed by atoms with van der Waals surface area (Å²) in [6, 6.07) is 19.2. The largest absolute Gasteiger partial charge is 0.490 e. The fourth-order valence-electron chi connectivity index (χ4n) is 4.62. The molecule has 39 heavy (non-hydrogen) atoms. The lowest BCUT2D eigenvalue weighted by Gasteiger charge is -2.28. The predicted octanol–water partition coefficient (Wildman–Crippen LogP) is 5.50. The SMILES string of the molecule is CCOc1cc(C2C(C(=O)Nc3cccc(C)c3C)=C(C)Nc3nnnn32)ccc1OCc1ccc(C)cc1. The van der Waals surface area contributed by atoms with E-state index in [1.54, 1.807) is 4.68 Å². The molecule has 1 unspecified atom stereocenters. The van der Waals surface area contributed by atoms with Gasteiger partial charge in [0.05, 0.1) is 12.2 Å². The van der Waals surface area contributed by atoms with E-state index < -0.39 is 6.04 Å². The molecule has 0 saturated carbocycles. The molecule has 0 radical (unpaired) electrons. The summed E-state index contributed by atoms with van der Waals surface area (Å²) in [6.07, 6.45) is 0. The molecule has 9 heteroatoms. The summed E-state index contributed by atoms with van der Waals surface area (Å²) in [6.45, 7) is 10.7. The van der Waals surface area contributed by atoms with Crippen LogP contribution in [0.2, 0.25) is 0 Å². The fraction of sp³-hybridized carbons (Fsp3) is 0.267. The molecule has 1 aliphatic rings. The number of benzene rings is 3. The van der Waals surface area contributed by atoms with Crippen LogP contribution in [0.4, 0.5) is 11.6 Å². The molecule has 4 aromatic rings.